The van der Waals surface area contributed by atoms with E-state index in [4.69, 9.17) is 0 Å². The average molecular weight is 237 g/mol. The van der Waals surface area contributed by atoms with Gasteiger partial charge < -0.3 is 10.0 Å². The van der Waals surface area contributed by atoms with Gasteiger partial charge in [-0.25, -0.2) is 0 Å². The van der Waals surface area contributed by atoms with Crippen molar-refractivity contribution in [3.8, 4) is 0 Å². The molecule has 0 amide bonds. The van der Waals surface area contributed by atoms with Crippen molar-refractivity contribution in [1.29, 1.82) is 0 Å². The number of likely N-dealkylation sites (N-methyl/N-ethyl adjacent to an activating group) is 1. The molecule has 0 bridgehead atoms. The number of aromatic nitrogens is 2. The van der Waals surface area contributed by atoms with Gasteiger partial charge in [0.15, 0.2) is 0 Å². The minimum absolute atomic E-state index is 0.457. The maximum Gasteiger partial charge on any atom is 0.0843 e. The fourth-order valence-electron chi connectivity index (χ4n) is 2.87. The fraction of sp³-hybridized carbons (Fsp3) is 0.769. The van der Waals surface area contributed by atoms with Gasteiger partial charge in [0.2, 0.25) is 0 Å². The van der Waals surface area contributed by atoms with E-state index in [0.717, 1.165) is 30.9 Å². The van der Waals surface area contributed by atoms with Crippen LogP contribution in [0, 0.1) is 6.92 Å². The average Bonchev–Trinajstić information content (AvgIpc) is 2.68. The predicted molar refractivity (Wildman–Crippen MR) is 68.0 cm³/mol. The van der Waals surface area contributed by atoms with Gasteiger partial charge in [0.1, 0.15) is 0 Å². The number of β-amino-alcohol motifs (C(OH)–C–C–N with tert-alkyl or cyclic N) is 1. The first-order chi connectivity index (χ1) is 7.93. The van der Waals surface area contributed by atoms with Crippen LogP contribution < -0.4 is 0 Å². The fourth-order valence-corrected chi connectivity index (χ4v) is 2.87. The third-order valence-corrected chi connectivity index (χ3v) is 3.77. The van der Waals surface area contributed by atoms with Crippen molar-refractivity contribution in [2.75, 3.05) is 13.6 Å². The molecular formula is C13H23N3O. The molecule has 1 fully saturated rings. The molecule has 0 radical (unpaired) electrons. The Hall–Kier alpha value is -0.870. The lowest BCUT2D eigenvalue weighted by atomic mass is 9.94. The Balaban J connectivity index is 2.15. The Labute approximate surface area is 103 Å². The monoisotopic (exact) mass is 237 g/mol. The van der Waals surface area contributed by atoms with Crippen LogP contribution in [0.25, 0.3) is 0 Å². The van der Waals surface area contributed by atoms with E-state index in [0.29, 0.717) is 12.5 Å². The number of hydrogen-bond donors (Lipinski definition) is 1. The molecule has 1 aliphatic rings. The van der Waals surface area contributed by atoms with E-state index in [1.165, 1.54) is 0 Å². The highest BCUT2D eigenvalue weighted by molar-refractivity contribution is 5.13. The number of aliphatic hydroxyl groups is 1. The largest absolute Gasteiger partial charge is 0.388 e. The molecule has 1 aromatic heterocycles. The van der Waals surface area contributed by atoms with Crippen LogP contribution in [0.1, 0.15) is 31.7 Å². The van der Waals surface area contributed by atoms with Crippen LogP contribution in [0.4, 0.5) is 0 Å². The van der Waals surface area contributed by atoms with Gasteiger partial charge in [0.25, 0.3) is 0 Å². The SMILES string of the molecule is CCn1nc(C)cc1CC1(O)CC(C)N(C)C1. The van der Waals surface area contributed by atoms with Crippen LogP contribution >= 0.6 is 0 Å². The summed E-state index contributed by atoms with van der Waals surface area (Å²) in [6.07, 6.45) is 1.55. The molecule has 1 N–H and O–H groups in total. The second-order valence-corrected chi connectivity index (χ2v) is 5.46. The maximum atomic E-state index is 10.6. The van der Waals surface area contributed by atoms with Gasteiger partial charge in [-0.2, -0.15) is 5.10 Å². The third-order valence-electron chi connectivity index (χ3n) is 3.77. The molecule has 4 nitrogen and oxygen atoms in total. The van der Waals surface area contributed by atoms with E-state index in [2.05, 4.69) is 37.0 Å². The molecular weight excluding hydrogens is 214 g/mol. The minimum Gasteiger partial charge on any atom is -0.388 e. The van der Waals surface area contributed by atoms with Crippen molar-refractivity contribution in [1.82, 2.24) is 14.7 Å². The molecule has 1 aliphatic heterocycles. The van der Waals surface area contributed by atoms with Crippen molar-refractivity contribution in [3.63, 3.8) is 0 Å². The second-order valence-electron chi connectivity index (χ2n) is 5.46. The maximum absolute atomic E-state index is 10.6. The number of likely N-dealkylation sites (tertiary alicyclic amines) is 1. The minimum atomic E-state index is -0.590. The Morgan fingerprint density at radius 3 is 2.82 bits per heavy atom. The molecule has 1 aromatic rings. The lowest BCUT2D eigenvalue weighted by molar-refractivity contribution is 0.0500. The number of aryl methyl sites for hydroxylation is 2. The summed E-state index contributed by atoms with van der Waals surface area (Å²) in [5.41, 5.74) is 1.59. The van der Waals surface area contributed by atoms with Crippen molar-refractivity contribution in [3.05, 3.63) is 17.5 Å². The number of hydrogen-bond acceptors (Lipinski definition) is 3. The standard InChI is InChI=1S/C13H23N3O/c1-5-16-12(6-10(2)14-16)8-13(17)7-11(3)15(4)9-13/h6,11,17H,5,7-9H2,1-4H3. The van der Waals surface area contributed by atoms with Crippen LogP contribution in [0.2, 0.25) is 0 Å². The summed E-state index contributed by atoms with van der Waals surface area (Å²) in [6, 6.07) is 2.55. The highest BCUT2D eigenvalue weighted by Crippen LogP contribution is 2.29. The molecule has 1 saturated heterocycles. The van der Waals surface area contributed by atoms with E-state index in [9.17, 15) is 5.11 Å². The summed E-state index contributed by atoms with van der Waals surface area (Å²) < 4.78 is 2.00. The van der Waals surface area contributed by atoms with Gasteiger partial charge >= 0.3 is 0 Å². The first-order valence-electron chi connectivity index (χ1n) is 6.39. The van der Waals surface area contributed by atoms with E-state index in [1.54, 1.807) is 0 Å². The van der Waals surface area contributed by atoms with E-state index in [1.807, 2.05) is 11.6 Å². The first kappa shape index (κ1) is 12.6. The van der Waals surface area contributed by atoms with Gasteiger partial charge in [-0.15, -0.1) is 0 Å². The molecule has 0 spiro atoms. The molecule has 0 aliphatic carbocycles. The topological polar surface area (TPSA) is 41.3 Å². The van der Waals surface area contributed by atoms with E-state index in [-0.39, 0.29) is 0 Å². The number of rotatable bonds is 3. The zero-order chi connectivity index (χ0) is 12.6. The van der Waals surface area contributed by atoms with E-state index >= 15 is 0 Å². The van der Waals surface area contributed by atoms with Crippen molar-refractivity contribution in [2.45, 2.75) is 51.8 Å². The quantitative estimate of drug-likeness (QED) is 0.859. The van der Waals surface area contributed by atoms with Gasteiger partial charge in [-0.3, -0.25) is 4.68 Å². The zero-order valence-electron chi connectivity index (χ0n) is 11.3. The normalized spacial score (nSPS) is 30.1. The Bertz CT molecular complexity index is 389. The summed E-state index contributed by atoms with van der Waals surface area (Å²) in [5, 5.41) is 15.1. The van der Waals surface area contributed by atoms with Gasteiger partial charge in [0, 0.05) is 31.2 Å². The second kappa shape index (κ2) is 4.42. The lowest BCUT2D eigenvalue weighted by Gasteiger charge is -2.22. The molecule has 2 rings (SSSR count). The van der Waals surface area contributed by atoms with Crippen molar-refractivity contribution >= 4 is 0 Å². The Kier molecular flexibility index (Phi) is 3.27. The highest BCUT2D eigenvalue weighted by Gasteiger charge is 2.39. The van der Waals surface area contributed by atoms with Gasteiger partial charge in [-0.05, 0) is 40.3 Å². The predicted octanol–water partition coefficient (Wildman–Crippen LogP) is 1.21. The summed E-state index contributed by atoms with van der Waals surface area (Å²) in [5.74, 6) is 0. The Morgan fingerprint density at radius 2 is 2.29 bits per heavy atom. The van der Waals surface area contributed by atoms with Crippen LogP contribution in [0.15, 0.2) is 6.07 Å². The molecule has 2 unspecified atom stereocenters. The Morgan fingerprint density at radius 1 is 1.59 bits per heavy atom. The zero-order valence-corrected chi connectivity index (χ0v) is 11.3. The summed E-state index contributed by atoms with van der Waals surface area (Å²) in [7, 11) is 2.07. The molecule has 96 valence electrons. The molecule has 2 atom stereocenters. The van der Waals surface area contributed by atoms with Crippen molar-refractivity contribution in [2.24, 2.45) is 0 Å². The van der Waals surface area contributed by atoms with Crippen LogP contribution in [0.3, 0.4) is 0 Å². The summed E-state index contributed by atoms with van der Waals surface area (Å²) >= 11 is 0. The van der Waals surface area contributed by atoms with Crippen LogP contribution in [-0.4, -0.2) is 45.0 Å². The molecule has 17 heavy (non-hydrogen) atoms. The van der Waals surface area contributed by atoms with Crippen LogP contribution in [-0.2, 0) is 13.0 Å². The van der Waals surface area contributed by atoms with Gasteiger partial charge in [-0.1, -0.05) is 0 Å². The molecule has 2 heterocycles. The van der Waals surface area contributed by atoms with Gasteiger partial charge in [0.05, 0.1) is 11.3 Å². The molecule has 4 heteroatoms. The summed E-state index contributed by atoms with van der Waals surface area (Å²) in [6.45, 7) is 7.87. The third kappa shape index (κ3) is 2.53. The highest BCUT2D eigenvalue weighted by atomic mass is 16.3. The summed E-state index contributed by atoms with van der Waals surface area (Å²) in [4.78, 5) is 2.22. The van der Waals surface area contributed by atoms with E-state index < -0.39 is 5.60 Å². The molecule has 0 aromatic carbocycles. The smallest absolute Gasteiger partial charge is 0.0843 e. The van der Waals surface area contributed by atoms with Crippen LogP contribution in [0.5, 0.6) is 0 Å². The van der Waals surface area contributed by atoms with Crippen molar-refractivity contribution < 1.29 is 5.11 Å². The first-order valence-corrected chi connectivity index (χ1v) is 6.39. The molecule has 0 saturated carbocycles. The lowest BCUT2D eigenvalue weighted by Crippen LogP contribution is -2.35. The number of nitrogens with zero attached hydrogens (tertiary/aromatic N) is 3.